The Kier molecular flexibility index (Phi) is 4.35. The highest BCUT2D eigenvalue weighted by Gasteiger charge is 2.05. The van der Waals surface area contributed by atoms with Crippen LogP contribution in [-0.4, -0.2) is 0 Å². The Hall–Kier alpha value is -0.940. The van der Waals surface area contributed by atoms with Gasteiger partial charge in [-0.1, -0.05) is 37.9 Å². The van der Waals surface area contributed by atoms with Gasteiger partial charge in [0.05, 0.1) is 5.69 Å². The molecule has 0 saturated heterocycles. The number of halogens is 4. The first kappa shape index (κ1) is 13.5. The van der Waals surface area contributed by atoms with Crippen molar-refractivity contribution < 1.29 is 8.78 Å². The van der Waals surface area contributed by atoms with Gasteiger partial charge in [0.1, 0.15) is 11.6 Å². The zero-order valence-electron chi connectivity index (χ0n) is 9.18. The van der Waals surface area contributed by atoms with Gasteiger partial charge in [0.25, 0.3) is 0 Å². The van der Waals surface area contributed by atoms with E-state index in [2.05, 4.69) is 37.2 Å². The molecule has 0 amide bonds. The normalized spacial score (nSPS) is 10.4. The topological polar surface area (TPSA) is 12.0 Å². The second-order valence-corrected chi connectivity index (χ2v) is 5.54. The summed E-state index contributed by atoms with van der Waals surface area (Å²) in [6.45, 7) is 0.234. The molecule has 0 aromatic heterocycles. The Morgan fingerprint density at radius 2 is 1.50 bits per heavy atom. The first-order valence-corrected chi connectivity index (χ1v) is 6.78. The lowest BCUT2D eigenvalue weighted by Gasteiger charge is -2.09. The van der Waals surface area contributed by atoms with Gasteiger partial charge in [-0.25, -0.2) is 8.78 Å². The summed E-state index contributed by atoms with van der Waals surface area (Å²) in [5, 5.41) is 2.87. The van der Waals surface area contributed by atoms with E-state index in [4.69, 9.17) is 0 Å². The van der Waals surface area contributed by atoms with E-state index in [1.807, 2.05) is 0 Å². The Morgan fingerprint density at radius 3 is 2.11 bits per heavy atom. The lowest BCUT2D eigenvalue weighted by molar-refractivity contribution is 0.609. The highest BCUT2D eigenvalue weighted by atomic mass is 79.9. The van der Waals surface area contributed by atoms with Crippen molar-refractivity contribution in [1.29, 1.82) is 0 Å². The van der Waals surface area contributed by atoms with Crippen LogP contribution in [0.25, 0.3) is 0 Å². The van der Waals surface area contributed by atoms with E-state index in [1.54, 1.807) is 24.3 Å². The molecule has 18 heavy (non-hydrogen) atoms. The fraction of sp³-hybridized carbons (Fsp3) is 0.0769. The lowest BCUT2D eigenvalue weighted by atomic mass is 10.2. The summed E-state index contributed by atoms with van der Waals surface area (Å²) in [5.41, 5.74) is 0.834. The highest BCUT2D eigenvalue weighted by Crippen LogP contribution is 2.21. The summed E-state index contributed by atoms with van der Waals surface area (Å²) in [4.78, 5) is 0. The second-order valence-electron chi connectivity index (χ2n) is 3.71. The molecule has 0 heterocycles. The molecule has 0 spiro atoms. The van der Waals surface area contributed by atoms with Crippen LogP contribution in [0.3, 0.4) is 0 Å². The summed E-state index contributed by atoms with van der Waals surface area (Å²) < 4.78 is 28.4. The maximum absolute atomic E-state index is 13.5. The molecule has 5 heteroatoms. The smallest absolute Gasteiger partial charge is 0.147 e. The first-order valence-electron chi connectivity index (χ1n) is 5.19. The second kappa shape index (κ2) is 5.80. The average Bonchev–Trinajstić information content (AvgIpc) is 2.30. The summed E-state index contributed by atoms with van der Waals surface area (Å²) in [6, 6.07) is 9.48. The van der Waals surface area contributed by atoms with Crippen LogP contribution in [0.2, 0.25) is 0 Å². The quantitative estimate of drug-likeness (QED) is 0.785. The number of hydrogen-bond acceptors (Lipinski definition) is 1. The van der Waals surface area contributed by atoms with Gasteiger partial charge in [-0.05, 0) is 30.3 Å². The fourth-order valence-corrected chi connectivity index (χ4v) is 2.15. The fourth-order valence-electron chi connectivity index (χ4n) is 1.49. The van der Waals surface area contributed by atoms with Gasteiger partial charge in [0.2, 0.25) is 0 Å². The van der Waals surface area contributed by atoms with Gasteiger partial charge in [-0.3, -0.25) is 0 Å². The summed E-state index contributed by atoms with van der Waals surface area (Å²) >= 11 is 6.37. The van der Waals surface area contributed by atoms with Crippen molar-refractivity contribution in [3.05, 3.63) is 62.5 Å². The molecular weight excluding hydrogens is 368 g/mol. The molecule has 2 rings (SSSR count). The van der Waals surface area contributed by atoms with Crippen LogP contribution in [0.15, 0.2) is 45.3 Å². The molecule has 0 saturated carbocycles. The van der Waals surface area contributed by atoms with E-state index in [0.29, 0.717) is 20.2 Å². The van der Waals surface area contributed by atoms with Crippen LogP contribution in [0.4, 0.5) is 14.5 Å². The van der Waals surface area contributed by atoms with E-state index in [-0.39, 0.29) is 18.2 Å². The molecule has 0 bridgehead atoms. The lowest BCUT2D eigenvalue weighted by Crippen LogP contribution is -2.03. The van der Waals surface area contributed by atoms with Crippen LogP contribution in [0.5, 0.6) is 0 Å². The molecule has 0 unspecified atom stereocenters. The number of anilines is 1. The third-order valence-corrected chi connectivity index (χ3v) is 3.40. The Labute approximate surface area is 120 Å². The predicted molar refractivity (Wildman–Crippen MR) is 75.5 cm³/mol. The minimum absolute atomic E-state index is 0.234. The van der Waals surface area contributed by atoms with Crippen molar-refractivity contribution in [1.82, 2.24) is 0 Å². The average molecular weight is 377 g/mol. The molecule has 2 aromatic rings. The van der Waals surface area contributed by atoms with Crippen LogP contribution in [0.1, 0.15) is 5.56 Å². The van der Waals surface area contributed by atoms with Gasteiger partial charge in [-0.15, -0.1) is 0 Å². The molecule has 0 radical (unpaired) electrons. The zero-order valence-corrected chi connectivity index (χ0v) is 12.4. The monoisotopic (exact) mass is 375 g/mol. The molecule has 94 valence electrons. The molecule has 1 nitrogen and oxygen atoms in total. The number of hydrogen-bond donors (Lipinski definition) is 1. The van der Waals surface area contributed by atoms with Crippen molar-refractivity contribution in [2.75, 3.05) is 5.32 Å². The molecule has 0 fully saturated rings. The maximum atomic E-state index is 13.5. The molecule has 0 aliphatic carbocycles. The zero-order chi connectivity index (χ0) is 13.1. The molecule has 0 aliphatic heterocycles. The van der Waals surface area contributed by atoms with Gasteiger partial charge in [-0.2, -0.15) is 0 Å². The van der Waals surface area contributed by atoms with E-state index in [9.17, 15) is 8.78 Å². The van der Waals surface area contributed by atoms with Gasteiger partial charge in [0, 0.05) is 21.1 Å². The molecule has 0 aliphatic rings. The largest absolute Gasteiger partial charge is 0.378 e. The Morgan fingerprint density at radius 1 is 0.889 bits per heavy atom. The molecule has 2 aromatic carbocycles. The van der Waals surface area contributed by atoms with Crippen molar-refractivity contribution in [2.45, 2.75) is 6.54 Å². The van der Waals surface area contributed by atoms with E-state index in [1.165, 1.54) is 12.1 Å². The highest BCUT2D eigenvalue weighted by molar-refractivity contribution is 9.10. The third kappa shape index (κ3) is 3.29. The van der Waals surface area contributed by atoms with E-state index in [0.717, 1.165) is 0 Å². The van der Waals surface area contributed by atoms with Crippen molar-refractivity contribution >= 4 is 37.5 Å². The number of rotatable bonds is 3. The van der Waals surface area contributed by atoms with Crippen molar-refractivity contribution in [2.24, 2.45) is 0 Å². The third-order valence-electron chi connectivity index (χ3n) is 2.42. The minimum atomic E-state index is -0.373. The first-order chi connectivity index (χ1) is 8.56. The number of benzene rings is 2. The molecular formula is C13H9Br2F2N. The van der Waals surface area contributed by atoms with Crippen LogP contribution < -0.4 is 5.32 Å². The van der Waals surface area contributed by atoms with Crippen LogP contribution in [-0.2, 0) is 6.54 Å². The Bertz CT molecular complexity index is 521. The van der Waals surface area contributed by atoms with Crippen molar-refractivity contribution in [3.63, 3.8) is 0 Å². The van der Waals surface area contributed by atoms with Crippen LogP contribution in [0, 0.1) is 11.6 Å². The minimum Gasteiger partial charge on any atom is -0.378 e. The van der Waals surface area contributed by atoms with E-state index < -0.39 is 0 Å². The molecule has 0 atom stereocenters. The predicted octanol–water partition coefficient (Wildman–Crippen LogP) is 5.10. The standard InChI is InChI=1S/C13H9Br2F2N/c14-9-2-1-8(11(16)5-9)7-18-13-4-3-10(15)6-12(13)17/h1-6,18H,7H2. The SMILES string of the molecule is Fc1cc(Br)ccc1CNc1ccc(Br)cc1F. The number of nitrogens with one attached hydrogen (secondary N) is 1. The van der Waals surface area contributed by atoms with Gasteiger partial charge < -0.3 is 5.32 Å². The summed E-state index contributed by atoms with van der Waals surface area (Å²) in [6.07, 6.45) is 0. The van der Waals surface area contributed by atoms with Gasteiger partial charge in [0.15, 0.2) is 0 Å². The van der Waals surface area contributed by atoms with E-state index >= 15 is 0 Å². The van der Waals surface area contributed by atoms with Crippen LogP contribution >= 0.6 is 31.9 Å². The molecule has 1 N–H and O–H groups in total. The maximum Gasteiger partial charge on any atom is 0.147 e. The van der Waals surface area contributed by atoms with Gasteiger partial charge >= 0.3 is 0 Å². The van der Waals surface area contributed by atoms with Crippen molar-refractivity contribution in [3.8, 4) is 0 Å². The summed E-state index contributed by atoms with van der Waals surface area (Å²) in [7, 11) is 0. The Balaban J connectivity index is 2.11. The summed E-state index contributed by atoms with van der Waals surface area (Å²) in [5.74, 6) is -0.698.